The minimum atomic E-state index is -0.211. The molecule has 5 rings (SSSR count). The molecule has 172 valence electrons. The summed E-state index contributed by atoms with van der Waals surface area (Å²) in [4.78, 5) is 48.4. The van der Waals surface area contributed by atoms with Crippen LogP contribution in [0.4, 0.5) is 0 Å². The molecule has 0 aliphatic carbocycles. The van der Waals surface area contributed by atoms with Crippen molar-refractivity contribution in [2.24, 2.45) is 5.92 Å². The highest BCUT2D eigenvalue weighted by atomic mass is 16.2. The van der Waals surface area contributed by atoms with Crippen LogP contribution in [0, 0.1) is 5.92 Å². The van der Waals surface area contributed by atoms with Gasteiger partial charge in [0, 0.05) is 76.3 Å². The summed E-state index contributed by atoms with van der Waals surface area (Å²) in [5.74, 6) is 0.195. The summed E-state index contributed by atoms with van der Waals surface area (Å²) < 4.78 is 1.59. The number of nitrogens with one attached hydrogen (secondary N) is 1. The number of aromatic nitrogens is 3. The zero-order valence-corrected chi connectivity index (χ0v) is 19.1. The molecule has 3 aliphatic heterocycles. The third kappa shape index (κ3) is 3.62. The topological polar surface area (TPSA) is 94.0 Å². The number of hydrogen-bond donors (Lipinski definition) is 1. The largest absolute Gasteiger partial charge is 0.345 e. The van der Waals surface area contributed by atoms with Crippen molar-refractivity contribution in [1.29, 1.82) is 0 Å². The molecule has 2 aromatic heterocycles. The first kappa shape index (κ1) is 21.2. The van der Waals surface area contributed by atoms with Gasteiger partial charge >= 0.3 is 0 Å². The molecule has 5 heterocycles. The number of fused-ring (bicyclic) bond motifs is 2. The Morgan fingerprint density at radius 3 is 2.59 bits per heavy atom. The highest BCUT2D eigenvalue weighted by Crippen LogP contribution is 2.29. The lowest BCUT2D eigenvalue weighted by Gasteiger charge is -2.33. The van der Waals surface area contributed by atoms with E-state index in [0.29, 0.717) is 44.3 Å². The van der Waals surface area contributed by atoms with Crippen LogP contribution >= 0.6 is 0 Å². The minimum Gasteiger partial charge on any atom is -0.345 e. The monoisotopic (exact) mass is 440 g/mol. The second-order valence-corrected chi connectivity index (χ2v) is 9.84. The predicted molar refractivity (Wildman–Crippen MR) is 119 cm³/mol. The molecule has 0 saturated carbocycles. The number of carbonyl (C=O) groups is 2. The number of carbonyl (C=O) groups excluding carboxylic acids is 2. The van der Waals surface area contributed by atoms with E-state index in [9.17, 15) is 14.4 Å². The Morgan fingerprint density at radius 2 is 1.94 bits per heavy atom. The number of likely N-dealkylation sites (tertiary alicyclic amines) is 2. The number of rotatable bonds is 3. The Labute approximate surface area is 187 Å². The predicted octanol–water partition coefficient (Wildman–Crippen LogP) is 0.973. The van der Waals surface area contributed by atoms with Gasteiger partial charge < -0.3 is 9.80 Å². The number of aromatic amines is 1. The zero-order chi connectivity index (χ0) is 22.6. The van der Waals surface area contributed by atoms with Crippen LogP contribution in [-0.2, 0) is 22.6 Å². The van der Waals surface area contributed by atoms with Crippen LogP contribution in [0.5, 0.6) is 0 Å². The summed E-state index contributed by atoms with van der Waals surface area (Å²) in [6, 6.07) is 2.40. The van der Waals surface area contributed by atoms with E-state index in [4.69, 9.17) is 4.98 Å². The number of H-pyrrole nitrogens is 1. The van der Waals surface area contributed by atoms with Crippen LogP contribution in [0.1, 0.15) is 56.0 Å². The van der Waals surface area contributed by atoms with Crippen molar-refractivity contribution in [2.45, 2.75) is 58.0 Å². The van der Waals surface area contributed by atoms with Gasteiger partial charge in [-0.05, 0) is 26.7 Å². The highest BCUT2D eigenvalue weighted by molar-refractivity contribution is 5.89. The standard InChI is InChI=1S/C23H32N6O3/c1-14(2)28-9-6-18-17(13-28)23(32)29-20(24-18)11-19(25-29)15-4-7-27(8-5-15)22(31)16-10-21(30)26(3)12-16/h11,14-16,25H,4-10,12-13H2,1-3H3/t16-/m1/s1. The molecule has 0 aromatic carbocycles. The van der Waals surface area contributed by atoms with E-state index in [1.165, 1.54) is 0 Å². The summed E-state index contributed by atoms with van der Waals surface area (Å²) in [6.07, 6.45) is 2.80. The molecule has 2 saturated heterocycles. The number of hydrogen-bond acceptors (Lipinski definition) is 5. The van der Waals surface area contributed by atoms with Crippen molar-refractivity contribution in [1.82, 2.24) is 29.3 Å². The van der Waals surface area contributed by atoms with Gasteiger partial charge in [0.2, 0.25) is 11.8 Å². The fourth-order valence-electron chi connectivity index (χ4n) is 5.37. The normalized spacial score (nSPS) is 22.9. The molecule has 9 nitrogen and oxygen atoms in total. The fourth-order valence-corrected chi connectivity index (χ4v) is 5.37. The fraction of sp³-hybridized carbons (Fsp3) is 0.652. The second kappa shape index (κ2) is 8.03. The Kier molecular flexibility index (Phi) is 5.31. The van der Waals surface area contributed by atoms with E-state index in [1.54, 1.807) is 16.5 Å². The highest BCUT2D eigenvalue weighted by Gasteiger charge is 2.36. The maximum Gasteiger partial charge on any atom is 0.277 e. The maximum absolute atomic E-state index is 13.2. The van der Waals surface area contributed by atoms with Gasteiger partial charge in [0.1, 0.15) is 0 Å². The van der Waals surface area contributed by atoms with E-state index in [-0.39, 0.29) is 29.2 Å². The maximum atomic E-state index is 13.2. The Bertz CT molecular complexity index is 1110. The van der Waals surface area contributed by atoms with Gasteiger partial charge in [-0.1, -0.05) is 0 Å². The molecular weight excluding hydrogens is 408 g/mol. The average molecular weight is 441 g/mol. The van der Waals surface area contributed by atoms with E-state index in [1.807, 2.05) is 11.0 Å². The molecule has 9 heteroatoms. The van der Waals surface area contributed by atoms with Crippen LogP contribution in [-0.4, -0.2) is 80.4 Å². The lowest BCUT2D eigenvalue weighted by atomic mass is 9.92. The molecule has 2 aromatic rings. The minimum absolute atomic E-state index is 0.00392. The summed E-state index contributed by atoms with van der Waals surface area (Å²) in [7, 11) is 1.76. The van der Waals surface area contributed by atoms with Crippen LogP contribution in [0.3, 0.4) is 0 Å². The Hall–Kier alpha value is -2.68. The molecule has 0 bridgehead atoms. The molecule has 0 spiro atoms. The summed E-state index contributed by atoms with van der Waals surface area (Å²) in [5.41, 5.74) is 3.43. The Balaban J connectivity index is 1.30. The van der Waals surface area contributed by atoms with Crippen molar-refractivity contribution < 1.29 is 9.59 Å². The van der Waals surface area contributed by atoms with E-state index in [0.717, 1.165) is 42.8 Å². The first-order valence-electron chi connectivity index (χ1n) is 11.7. The van der Waals surface area contributed by atoms with Crippen molar-refractivity contribution in [3.05, 3.63) is 33.4 Å². The van der Waals surface area contributed by atoms with Gasteiger partial charge in [0.05, 0.1) is 17.2 Å². The van der Waals surface area contributed by atoms with Crippen LogP contribution in [0.2, 0.25) is 0 Å². The third-order valence-electron chi connectivity index (χ3n) is 7.48. The van der Waals surface area contributed by atoms with Gasteiger partial charge in [0.25, 0.3) is 5.56 Å². The number of piperidine rings is 1. The lowest BCUT2D eigenvalue weighted by Crippen LogP contribution is -2.42. The first-order chi connectivity index (χ1) is 15.3. The van der Waals surface area contributed by atoms with Crippen molar-refractivity contribution in [2.75, 3.05) is 33.2 Å². The van der Waals surface area contributed by atoms with E-state index < -0.39 is 0 Å². The first-order valence-corrected chi connectivity index (χ1v) is 11.7. The molecular formula is C23H32N6O3. The summed E-state index contributed by atoms with van der Waals surface area (Å²) in [6.45, 7) is 7.76. The SMILES string of the molecule is CC(C)N1CCc2nc3cc(C4CCN(C(=O)[C@@H]5CC(=O)N(C)C5)CC4)[nH]n3c(=O)c2C1. The van der Waals surface area contributed by atoms with E-state index >= 15 is 0 Å². The molecule has 2 amide bonds. The van der Waals surface area contributed by atoms with Crippen LogP contribution in [0.15, 0.2) is 10.9 Å². The molecule has 2 fully saturated rings. The number of amides is 2. The van der Waals surface area contributed by atoms with Gasteiger partial charge in [-0.15, -0.1) is 0 Å². The molecule has 3 aliphatic rings. The third-order valence-corrected chi connectivity index (χ3v) is 7.48. The van der Waals surface area contributed by atoms with Crippen LogP contribution in [0.25, 0.3) is 5.65 Å². The lowest BCUT2D eigenvalue weighted by molar-refractivity contribution is -0.136. The summed E-state index contributed by atoms with van der Waals surface area (Å²) in [5, 5.41) is 3.31. The van der Waals surface area contributed by atoms with Gasteiger partial charge in [-0.25, -0.2) is 9.50 Å². The average Bonchev–Trinajstić information content (AvgIpc) is 3.36. The van der Waals surface area contributed by atoms with E-state index in [2.05, 4.69) is 23.8 Å². The number of nitrogens with zero attached hydrogens (tertiary/aromatic N) is 5. The quantitative estimate of drug-likeness (QED) is 0.768. The Morgan fingerprint density at radius 1 is 1.19 bits per heavy atom. The molecule has 32 heavy (non-hydrogen) atoms. The van der Waals surface area contributed by atoms with Gasteiger partial charge in [-0.2, -0.15) is 0 Å². The smallest absolute Gasteiger partial charge is 0.277 e. The summed E-state index contributed by atoms with van der Waals surface area (Å²) >= 11 is 0. The van der Waals surface area contributed by atoms with Crippen molar-refractivity contribution in [3.63, 3.8) is 0 Å². The molecule has 0 radical (unpaired) electrons. The molecule has 1 atom stereocenters. The van der Waals surface area contributed by atoms with Gasteiger partial charge in [-0.3, -0.25) is 24.4 Å². The van der Waals surface area contributed by atoms with Gasteiger partial charge in [0.15, 0.2) is 5.65 Å². The molecule has 0 unspecified atom stereocenters. The second-order valence-electron chi connectivity index (χ2n) is 9.84. The zero-order valence-electron chi connectivity index (χ0n) is 19.1. The van der Waals surface area contributed by atoms with Crippen molar-refractivity contribution in [3.8, 4) is 0 Å². The van der Waals surface area contributed by atoms with Crippen molar-refractivity contribution >= 4 is 17.5 Å². The van der Waals surface area contributed by atoms with Crippen LogP contribution < -0.4 is 5.56 Å². The molecule has 1 N–H and O–H groups in total.